The van der Waals surface area contributed by atoms with E-state index in [1.54, 1.807) is 11.3 Å². The molecule has 2 heterocycles. The van der Waals surface area contributed by atoms with Crippen molar-refractivity contribution in [2.24, 2.45) is 0 Å². The molecule has 3 rings (SSSR count). The van der Waals surface area contributed by atoms with E-state index >= 15 is 0 Å². The SMILES string of the molecule is CCNc1nc(N(C)C2CC2)c2cc(C)sc2n1. The number of hydrogen-bond acceptors (Lipinski definition) is 5. The lowest BCUT2D eigenvalue weighted by molar-refractivity contribution is 0.894. The van der Waals surface area contributed by atoms with Crippen molar-refractivity contribution in [2.45, 2.75) is 32.7 Å². The molecule has 0 bridgehead atoms. The molecule has 1 N–H and O–H groups in total. The Balaban J connectivity index is 2.12. The number of thiophene rings is 1. The summed E-state index contributed by atoms with van der Waals surface area (Å²) in [6.45, 7) is 5.04. The average molecular weight is 262 g/mol. The highest BCUT2D eigenvalue weighted by Crippen LogP contribution is 2.36. The smallest absolute Gasteiger partial charge is 0.226 e. The van der Waals surface area contributed by atoms with Gasteiger partial charge in [-0.1, -0.05) is 0 Å². The monoisotopic (exact) mass is 262 g/mol. The summed E-state index contributed by atoms with van der Waals surface area (Å²) >= 11 is 1.74. The maximum Gasteiger partial charge on any atom is 0.226 e. The van der Waals surface area contributed by atoms with Gasteiger partial charge in [-0.05, 0) is 32.8 Å². The van der Waals surface area contributed by atoms with Gasteiger partial charge in [-0.2, -0.15) is 4.98 Å². The Labute approximate surface area is 111 Å². The van der Waals surface area contributed by atoms with E-state index in [9.17, 15) is 0 Å². The minimum atomic E-state index is 0.665. The molecule has 5 heteroatoms. The molecule has 0 atom stereocenters. The zero-order chi connectivity index (χ0) is 12.7. The molecule has 2 aromatic heterocycles. The number of aryl methyl sites for hydroxylation is 1. The van der Waals surface area contributed by atoms with Crippen LogP contribution in [0.3, 0.4) is 0 Å². The molecule has 0 aliphatic heterocycles. The third-order valence-electron chi connectivity index (χ3n) is 3.26. The van der Waals surface area contributed by atoms with Gasteiger partial charge in [0.05, 0.1) is 5.39 Å². The van der Waals surface area contributed by atoms with Gasteiger partial charge >= 0.3 is 0 Å². The summed E-state index contributed by atoms with van der Waals surface area (Å²) < 4.78 is 0. The second-order valence-electron chi connectivity index (χ2n) is 4.82. The minimum absolute atomic E-state index is 0.665. The van der Waals surface area contributed by atoms with Crippen molar-refractivity contribution >= 4 is 33.3 Å². The van der Waals surface area contributed by atoms with Crippen molar-refractivity contribution in [3.63, 3.8) is 0 Å². The van der Waals surface area contributed by atoms with E-state index in [1.165, 1.54) is 23.1 Å². The predicted octanol–water partition coefficient (Wildman–Crippen LogP) is 3.03. The zero-order valence-corrected chi connectivity index (χ0v) is 11.8. The van der Waals surface area contributed by atoms with Gasteiger partial charge in [0.2, 0.25) is 5.95 Å². The maximum absolute atomic E-state index is 4.68. The second-order valence-corrected chi connectivity index (χ2v) is 6.05. The van der Waals surface area contributed by atoms with Gasteiger partial charge in [-0.15, -0.1) is 11.3 Å². The van der Waals surface area contributed by atoms with E-state index < -0.39 is 0 Å². The van der Waals surface area contributed by atoms with Crippen LogP contribution in [0, 0.1) is 6.92 Å². The first-order valence-corrected chi connectivity index (χ1v) is 7.25. The normalized spacial score (nSPS) is 15.1. The maximum atomic E-state index is 4.68. The Morgan fingerprint density at radius 3 is 2.89 bits per heavy atom. The van der Waals surface area contributed by atoms with Crippen LogP contribution in [0.4, 0.5) is 11.8 Å². The molecule has 0 saturated heterocycles. The van der Waals surface area contributed by atoms with Crippen LogP contribution >= 0.6 is 11.3 Å². The van der Waals surface area contributed by atoms with Crippen molar-refractivity contribution < 1.29 is 0 Å². The molecule has 0 aromatic carbocycles. The van der Waals surface area contributed by atoms with Crippen LogP contribution in [-0.2, 0) is 0 Å². The Morgan fingerprint density at radius 1 is 1.44 bits per heavy atom. The highest BCUT2D eigenvalue weighted by Gasteiger charge is 2.29. The number of rotatable bonds is 4. The van der Waals surface area contributed by atoms with E-state index in [0.29, 0.717) is 6.04 Å². The number of aromatic nitrogens is 2. The Hall–Kier alpha value is -1.36. The Morgan fingerprint density at radius 2 is 2.22 bits per heavy atom. The van der Waals surface area contributed by atoms with Crippen molar-refractivity contribution in [1.29, 1.82) is 0 Å². The highest BCUT2D eigenvalue weighted by molar-refractivity contribution is 7.18. The summed E-state index contributed by atoms with van der Waals surface area (Å²) in [5.41, 5.74) is 0. The van der Waals surface area contributed by atoms with Gasteiger partial charge in [0.1, 0.15) is 10.6 Å². The van der Waals surface area contributed by atoms with E-state index in [1.807, 2.05) is 0 Å². The van der Waals surface area contributed by atoms with E-state index in [0.717, 1.165) is 23.1 Å². The van der Waals surface area contributed by atoms with Crippen molar-refractivity contribution in [3.8, 4) is 0 Å². The van der Waals surface area contributed by atoms with Crippen LogP contribution < -0.4 is 10.2 Å². The fraction of sp³-hybridized carbons (Fsp3) is 0.538. The molecule has 1 saturated carbocycles. The fourth-order valence-electron chi connectivity index (χ4n) is 2.17. The van der Waals surface area contributed by atoms with E-state index in [2.05, 4.69) is 47.1 Å². The van der Waals surface area contributed by atoms with Gasteiger partial charge in [0, 0.05) is 24.5 Å². The molecule has 1 aliphatic rings. The van der Waals surface area contributed by atoms with Crippen molar-refractivity contribution in [3.05, 3.63) is 10.9 Å². The number of nitrogens with zero attached hydrogens (tertiary/aromatic N) is 3. The first-order chi connectivity index (χ1) is 8.69. The summed E-state index contributed by atoms with van der Waals surface area (Å²) in [7, 11) is 2.14. The van der Waals surface area contributed by atoms with E-state index in [4.69, 9.17) is 0 Å². The zero-order valence-electron chi connectivity index (χ0n) is 11.0. The van der Waals surface area contributed by atoms with Crippen molar-refractivity contribution in [1.82, 2.24) is 9.97 Å². The lowest BCUT2D eigenvalue weighted by Gasteiger charge is -2.19. The first kappa shape index (κ1) is 11.7. The quantitative estimate of drug-likeness (QED) is 0.919. The van der Waals surface area contributed by atoms with Gasteiger partial charge in [-0.25, -0.2) is 4.98 Å². The third-order valence-corrected chi connectivity index (χ3v) is 4.20. The molecule has 2 aromatic rings. The number of fused-ring (bicyclic) bond motifs is 1. The van der Waals surface area contributed by atoms with Gasteiger partial charge in [0.25, 0.3) is 0 Å². The first-order valence-electron chi connectivity index (χ1n) is 6.44. The summed E-state index contributed by atoms with van der Waals surface area (Å²) in [6, 6.07) is 2.86. The summed E-state index contributed by atoms with van der Waals surface area (Å²) in [5, 5.41) is 4.41. The molecule has 0 amide bonds. The molecule has 96 valence electrons. The molecule has 0 unspecified atom stereocenters. The van der Waals surface area contributed by atoms with Crippen LogP contribution in [0.15, 0.2) is 6.07 Å². The minimum Gasteiger partial charge on any atom is -0.356 e. The topological polar surface area (TPSA) is 41.1 Å². The Bertz CT molecular complexity index is 574. The lowest BCUT2D eigenvalue weighted by atomic mass is 10.3. The van der Waals surface area contributed by atoms with E-state index in [-0.39, 0.29) is 0 Å². The molecular weight excluding hydrogens is 244 g/mol. The molecule has 1 fully saturated rings. The number of nitrogens with one attached hydrogen (secondary N) is 1. The number of anilines is 2. The van der Waals surface area contributed by atoms with Crippen LogP contribution in [0.1, 0.15) is 24.6 Å². The predicted molar refractivity (Wildman–Crippen MR) is 77.7 cm³/mol. The van der Waals surface area contributed by atoms with Crippen molar-refractivity contribution in [2.75, 3.05) is 23.8 Å². The Kier molecular flexibility index (Phi) is 2.86. The summed E-state index contributed by atoms with van der Waals surface area (Å²) in [6.07, 6.45) is 2.56. The number of hydrogen-bond donors (Lipinski definition) is 1. The fourth-order valence-corrected chi connectivity index (χ4v) is 3.04. The molecule has 4 nitrogen and oxygen atoms in total. The lowest BCUT2D eigenvalue weighted by Crippen LogP contribution is -2.21. The summed E-state index contributed by atoms with van der Waals surface area (Å²) in [4.78, 5) is 13.9. The molecule has 1 aliphatic carbocycles. The van der Waals surface area contributed by atoms with Crippen LogP contribution in [-0.4, -0.2) is 29.6 Å². The largest absolute Gasteiger partial charge is 0.356 e. The molecule has 18 heavy (non-hydrogen) atoms. The van der Waals surface area contributed by atoms with Gasteiger partial charge < -0.3 is 10.2 Å². The highest BCUT2D eigenvalue weighted by atomic mass is 32.1. The summed E-state index contributed by atoms with van der Waals surface area (Å²) in [5.74, 6) is 1.82. The third kappa shape index (κ3) is 2.03. The van der Waals surface area contributed by atoms with Crippen LogP contribution in [0.5, 0.6) is 0 Å². The van der Waals surface area contributed by atoms with Gasteiger partial charge in [0.15, 0.2) is 0 Å². The second kappa shape index (κ2) is 4.39. The van der Waals surface area contributed by atoms with Crippen LogP contribution in [0.25, 0.3) is 10.2 Å². The van der Waals surface area contributed by atoms with Gasteiger partial charge in [-0.3, -0.25) is 0 Å². The standard InChI is InChI=1S/C13H18N4S/c1-4-14-13-15-11(17(3)9-5-6-9)10-7-8(2)18-12(10)16-13/h7,9H,4-6H2,1-3H3,(H,14,15,16). The molecular formula is C13H18N4S. The van der Waals surface area contributed by atoms with Crippen LogP contribution in [0.2, 0.25) is 0 Å². The average Bonchev–Trinajstić information content (AvgIpc) is 3.10. The molecule has 0 radical (unpaired) electrons. The molecule has 0 spiro atoms.